The molecule has 2 aromatic rings. The topological polar surface area (TPSA) is 75.0 Å². The molecule has 1 aromatic heterocycles. The minimum absolute atomic E-state index is 0.0237. The standard InChI is InChI=1S/C23H31N3O4/c1-16(2)22(27)24-18-9-10-20(25(3)4)17(13-18)14-26(15-19-7-5-11-29-19)23(28)21-8-6-12-30-21/h6,8-10,12-13,16,19H,5,7,11,14-15H2,1-4H3,(H,24,27). The van der Waals surface area contributed by atoms with E-state index in [1.165, 1.54) is 6.26 Å². The maximum absolute atomic E-state index is 13.1. The molecule has 1 saturated heterocycles. The average Bonchev–Trinajstić information content (AvgIpc) is 3.41. The Hall–Kier alpha value is -2.80. The van der Waals surface area contributed by atoms with Crippen LogP contribution in [0.2, 0.25) is 0 Å². The van der Waals surface area contributed by atoms with Crippen LogP contribution in [0.3, 0.4) is 0 Å². The molecule has 0 saturated carbocycles. The Morgan fingerprint density at radius 1 is 1.23 bits per heavy atom. The number of hydrogen-bond acceptors (Lipinski definition) is 5. The highest BCUT2D eigenvalue weighted by atomic mass is 16.5. The molecule has 3 rings (SSSR count). The smallest absolute Gasteiger partial charge is 0.289 e. The summed E-state index contributed by atoms with van der Waals surface area (Å²) in [6, 6.07) is 9.18. The molecular formula is C23H31N3O4. The molecule has 1 unspecified atom stereocenters. The Morgan fingerprint density at radius 3 is 2.63 bits per heavy atom. The molecule has 1 fully saturated rings. The average molecular weight is 414 g/mol. The van der Waals surface area contributed by atoms with Crippen molar-refractivity contribution in [1.29, 1.82) is 0 Å². The van der Waals surface area contributed by atoms with Gasteiger partial charge in [0.2, 0.25) is 5.91 Å². The number of nitrogens with zero attached hydrogens (tertiary/aromatic N) is 2. The summed E-state index contributed by atoms with van der Waals surface area (Å²) in [4.78, 5) is 29.0. The third-order valence-electron chi connectivity index (χ3n) is 5.18. The van der Waals surface area contributed by atoms with Crippen LogP contribution in [0.15, 0.2) is 41.0 Å². The number of furan rings is 1. The van der Waals surface area contributed by atoms with Crippen molar-refractivity contribution in [3.05, 3.63) is 47.9 Å². The van der Waals surface area contributed by atoms with Crippen molar-refractivity contribution in [2.45, 2.75) is 39.3 Å². The molecule has 7 heteroatoms. The highest BCUT2D eigenvalue weighted by molar-refractivity contribution is 5.93. The molecule has 30 heavy (non-hydrogen) atoms. The first-order valence-electron chi connectivity index (χ1n) is 10.4. The van der Waals surface area contributed by atoms with Gasteiger partial charge in [-0.1, -0.05) is 13.8 Å². The van der Waals surface area contributed by atoms with Gasteiger partial charge in [-0.3, -0.25) is 9.59 Å². The number of nitrogens with one attached hydrogen (secondary N) is 1. The molecule has 162 valence electrons. The lowest BCUT2D eigenvalue weighted by atomic mass is 10.1. The first-order chi connectivity index (χ1) is 14.3. The van der Waals surface area contributed by atoms with E-state index in [-0.39, 0.29) is 23.8 Å². The minimum Gasteiger partial charge on any atom is -0.459 e. The van der Waals surface area contributed by atoms with Gasteiger partial charge in [0.1, 0.15) is 0 Å². The van der Waals surface area contributed by atoms with E-state index in [1.807, 2.05) is 51.0 Å². The molecule has 0 spiro atoms. The predicted octanol–water partition coefficient (Wildman–Crippen LogP) is 3.76. The summed E-state index contributed by atoms with van der Waals surface area (Å²) in [5.74, 6) is -0.0135. The fourth-order valence-electron chi connectivity index (χ4n) is 3.53. The second kappa shape index (κ2) is 9.80. The van der Waals surface area contributed by atoms with Crippen LogP contribution in [-0.4, -0.2) is 50.1 Å². The van der Waals surface area contributed by atoms with Gasteiger partial charge in [0.25, 0.3) is 5.91 Å². The maximum Gasteiger partial charge on any atom is 0.289 e. The van der Waals surface area contributed by atoms with Crippen LogP contribution in [0.4, 0.5) is 11.4 Å². The van der Waals surface area contributed by atoms with Crippen LogP contribution in [0.25, 0.3) is 0 Å². The quantitative estimate of drug-likeness (QED) is 0.713. The van der Waals surface area contributed by atoms with E-state index in [9.17, 15) is 9.59 Å². The molecule has 0 aliphatic carbocycles. The Labute approximate surface area is 178 Å². The number of hydrogen-bond donors (Lipinski definition) is 1. The van der Waals surface area contributed by atoms with Crippen molar-refractivity contribution in [3.8, 4) is 0 Å². The minimum atomic E-state index is -0.170. The molecule has 1 atom stereocenters. The van der Waals surface area contributed by atoms with E-state index in [0.29, 0.717) is 18.8 Å². The second-order valence-corrected chi connectivity index (χ2v) is 8.18. The zero-order valence-corrected chi connectivity index (χ0v) is 18.2. The Balaban J connectivity index is 1.88. The van der Waals surface area contributed by atoms with Crippen molar-refractivity contribution >= 4 is 23.2 Å². The summed E-state index contributed by atoms with van der Waals surface area (Å²) in [6.45, 7) is 5.33. The number of carbonyl (C=O) groups is 2. The number of ether oxygens (including phenoxy) is 1. The summed E-state index contributed by atoms with van der Waals surface area (Å²) < 4.78 is 11.1. The van der Waals surface area contributed by atoms with E-state index >= 15 is 0 Å². The van der Waals surface area contributed by atoms with Crippen molar-refractivity contribution in [2.24, 2.45) is 5.92 Å². The zero-order valence-electron chi connectivity index (χ0n) is 18.2. The number of rotatable bonds is 8. The lowest BCUT2D eigenvalue weighted by Gasteiger charge is -2.27. The van der Waals surface area contributed by atoms with E-state index in [2.05, 4.69) is 5.32 Å². The van der Waals surface area contributed by atoms with E-state index < -0.39 is 0 Å². The number of carbonyl (C=O) groups excluding carboxylic acids is 2. The van der Waals surface area contributed by atoms with Gasteiger partial charge in [0.05, 0.1) is 12.4 Å². The molecule has 0 bridgehead atoms. The largest absolute Gasteiger partial charge is 0.459 e. The third kappa shape index (κ3) is 5.42. The molecule has 2 amide bonds. The zero-order chi connectivity index (χ0) is 21.7. The molecule has 1 aromatic carbocycles. The van der Waals surface area contributed by atoms with E-state index in [4.69, 9.17) is 9.15 Å². The van der Waals surface area contributed by atoms with Gasteiger partial charge >= 0.3 is 0 Å². The van der Waals surface area contributed by atoms with Crippen molar-refractivity contribution in [1.82, 2.24) is 4.90 Å². The molecule has 1 N–H and O–H groups in total. The maximum atomic E-state index is 13.1. The molecule has 1 aliphatic heterocycles. The number of amides is 2. The van der Waals surface area contributed by atoms with Crippen molar-refractivity contribution in [3.63, 3.8) is 0 Å². The van der Waals surface area contributed by atoms with Crippen LogP contribution in [-0.2, 0) is 16.1 Å². The van der Waals surface area contributed by atoms with Gasteiger partial charge < -0.3 is 24.3 Å². The molecule has 1 aliphatic rings. The van der Waals surface area contributed by atoms with E-state index in [0.717, 1.165) is 36.4 Å². The SMILES string of the molecule is CC(C)C(=O)Nc1ccc(N(C)C)c(CN(CC2CCCO2)C(=O)c2ccco2)c1. The van der Waals surface area contributed by atoms with Gasteiger partial charge in [0.15, 0.2) is 5.76 Å². The fraction of sp³-hybridized carbons (Fsp3) is 0.478. The normalized spacial score (nSPS) is 16.0. The molecular weight excluding hydrogens is 382 g/mol. The Bertz CT molecular complexity index is 855. The van der Waals surface area contributed by atoms with Crippen LogP contribution < -0.4 is 10.2 Å². The van der Waals surface area contributed by atoms with Crippen LogP contribution in [0.5, 0.6) is 0 Å². The van der Waals surface area contributed by atoms with Crippen LogP contribution >= 0.6 is 0 Å². The fourth-order valence-corrected chi connectivity index (χ4v) is 3.53. The molecule has 2 heterocycles. The molecule has 7 nitrogen and oxygen atoms in total. The van der Waals surface area contributed by atoms with Gasteiger partial charge in [-0.15, -0.1) is 0 Å². The van der Waals surface area contributed by atoms with E-state index in [1.54, 1.807) is 17.0 Å². The third-order valence-corrected chi connectivity index (χ3v) is 5.18. The Kier molecular flexibility index (Phi) is 7.15. The first kappa shape index (κ1) is 21.9. The highest BCUT2D eigenvalue weighted by Gasteiger charge is 2.26. The first-order valence-corrected chi connectivity index (χ1v) is 10.4. The predicted molar refractivity (Wildman–Crippen MR) is 117 cm³/mol. The van der Waals surface area contributed by atoms with Gasteiger partial charge in [0, 0.05) is 51.1 Å². The van der Waals surface area contributed by atoms with Gasteiger partial charge in [-0.25, -0.2) is 0 Å². The van der Waals surface area contributed by atoms with Gasteiger partial charge in [-0.05, 0) is 48.7 Å². The summed E-state index contributed by atoms with van der Waals surface area (Å²) in [5.41, 5.74) is 2.65. The second-order valence-electron chi connectivity index (χ2n) is 8.18. The Morgan fingerprint density at radius 2 is 2.03 bits per heavy atom. The van der Waals surface area contributed by atoms with Crippen LogP contribution in [0.1, 0.15) is 42.8 Å². The summed E-state index contributed by atoms with van der Waals surface area (Å²) in [7, 11) is 3.92. The lowest BCUT2D eigenvalue weighted by molar-refractivity contribution is -0.118. The van der Waals surface area contributed by atoms with Crippen molar-refractivity contribution < 1.29 is 18.7 Å². The summed E-state index contributed by atoms with van der Waals surface area (Å²) in [5, 5.41) is 2.95. The van der Waals surface area contributed by atoms with Crippen LogP contribution in [0, 0.1) is 5.92 Å². The van der Waals surface area contributed by atoms with Gasteiger partial charge in [-0.2, -0.15) is 0 Å². The lowest BCUT2D eigenvalue weighted by Crippen LogP contribution is -2.37. The van der Waals surface area contributed by atoms with Crippen molar-refractivity contribution in [2.75, 3.05) is 37.5 Å². The molecule has 0 radical (unpaired) electrons. The highest BCUT2D eigenvalue weighted by Crippen LogP contribution is 2.26. The number of benzene rings is 1. The monoisotopic (exact) mass is 413 g/mol. The summed E-state index contributed by atoms with van der Waals surface area (Å²) in [6.07, 6.45) is 3.47. The number of anilines is 2. The summed E-state index contributed by atoms with van der Waals surface area (Å²) >= 11 is 0.